The largest absolute Gasteiger partial charge is 0.350 e. The second-order valence-corrected chi connectivity index (χ2v) is 8.99. The van der Waals surface area contributed by atoms with Crippen LogP contribution in [-0.2, 0) is 14.6 Å². The lowest BCUT2D eigenvalue weighted by Crippen LogP contribution is -2.27. The number of halogens is 1. The van der Waals surface area contributed by atoms with E-state index in [0.29, 0.717) is 5.56 Å². The van der Waals surface area contributed by atoms with E-state index in [9.17, 15) is 18.0 Å². The number of sulfone groups is 1. The van der Waals surface area contributed by atoms with Gasteiger partial charge in [-0.25, -0.2) is 8.42 Å². The summed E-state index contributed by atoms with van der Waals surface area (Å²) in [6, 6.07) is 13.1. The van der Waals surface area contributed by atoms with Gasteiger partial charge in [0.15, 0.2) is 15.6 Å². The Hall–Kier alpha value is -1.99. The van der Waals surface area contributed by atoms with E-state index in [1.54, 1.807) is 36.4 Å². The summed E-state index contributed by atoms with van der Waals surface area (Å²) in [7, 11) is -3.24. The second-order valence-electron chi connectivity index (χ2n) is 6.06. The predicted molar refractivity (Wildman–Crippen MR) is 104 cm³/mol. The van der Waals surface area contributed by atoms with Crippen molar-refractivity contribution < 1.29 is 18.0 Å². The predicted octanol–water partition coefficient (Wildman–Crippen LogP) is 3.69. The number of benzene rings is 2. The molecule has 0 spiro atoms. The molecule has 1 N–H and O–H groups in total. The molecule has 1 atom stereocenters. The third kappa shape index (κ3) is 5.78. The van der Waals surface area contributed by atoms with Gasteiger partial charge in [-0.1, -0.05) is 40.2 Å². The molecule has 0 heterocycles. The molecule has 2 aromatic rings. The minimum atomic E-state index is -3.24. The van der Waals surface area contributed by atoms with Gasteiger partial charge in [0.05, 0.1) is 10.9 Å². The van der Waals surface area contributed by atoms with Crippen molar-refractivity contribution in [3.05, 3.63) is 64.1 Å². The maximum absolute atomic E-state index is 12.1. The van der Waals surface area contributed by atoms with Crippen LogP contribution in [0.3, 0.4) is 0 Å². The van der Waals surface area contributed by atoms with Crippen molar-refractivity contribution in [2.75, 3.05) is 6.26 Å². The number of hydrogen-bond acceptors (Lipinski definition) is 4. The molecule has 2 aromatic carbocycles. The molecule has 0 radical (unpaired) electrons. The number of amides is 1. The van der Waals surface area contributed by atoms with E-state index in [2.05, 4.69) is 21.2 Å². The fraction of sp³-hybridized carbons (Fsp3) is 0.263. The van der Waals surface area contributed by atoms with Crippen molar-refractivity contribution in [2.45, 2.75) is 30.7 Å². The molecular formula is C19H20BrNO4S. The average molecular weight is 438 g/mol. The maximum Gasteiger partial charge on any atom is 0.220 e. The molecule has 0 aliphatic rings. The molecular weight excluding hydrogens is 418 g/mol. The van der Waals surface area contributed by atoms with Gasteiger partial charge in [0, 0.05) is 29.1 Å². The molecule has 0 bridgehead atoms. The van der Waals surface area contributed by atoms with Crippen LogP contribution in [0.5, 0.6) is 0 Å². The Kier molecular flexibility index (Phi) is 6.72. The Bertz CT molecular complexity index is 890. The number of hydrogen-bond donors (Lipinski definition) is 1. The summed E-state index contributed by atoms with van der Waals surface area (Å²) >= 11 is 3.31. The Balaban J connectivity index is 1.88. The van der Waals surface area contributed by atoms with Gasteiger partial charge >= 0.3 is 0 Å². The average Bonchev–Trinajstić information content (AvgIpc) is 2.59. The highest BCUT2D eigenvalue weighted by Gasteiger charge is 2.14. The van der Waals surface area contributed by atoms with E-state index in [1.807, 2.05) is 6.92 Å². The molecule has 0 saturated carbocycles. The Morgan fingerprint density at radius 2 is 1.58 bits per heavy atom. The molecule has 26 heavy (non-hydrogen) atoms. The summed E-state index contributed by atoms with van der Waals surface area (Å²) in [6.45, 7) is 1.81. The van der Waals surface area contributed by atoms with Gasteiger partial charge in [0.2, 0.25) is 5.91 Å². The fourth-order valence-corrected chi connectivity index (χ4v) is 3.30. The third-order valence-corrected chi connectivity index (χ3v) is 5.59. The maximum atomic E-state index is 12.1. The highest BCUT2D eigenvalue weighted by Crippen LogP contribution is 2.17. The van der Waals surface area contributed by atoms with E-state index in [0.717, 1.165) is 16.3 Å². The molecule has 0 saturated heterocycles. The van der Waals surface area contributed by atoms with Crippen LogP contribution in [0, 0.1) is 0 Å². The van der Waals surface area contributed by atoms with E-state index >= 15 is 0 Å². The van der Waals surface area contributed by atoms with Crippen molar-refractivity contribution in [1.29, 1.82) is 0 Å². The SMILES string of the molecule is C[C@@H](NC(=O)CCC(=O)c1ccc(Br)cc1)c1ccc(S(C)(=O)=O)cc1. The zero-order valence-electron chi connectivity index (χ0n) is 14.5. The summed E-state index contributed by atoms with van der Waals surface area (Å²) < 4.78 is 23.8. The third-order valence-electron chi connectivity index (χ3n) is 3.93. The van der Waals surface area contributed by atoms with Crippen LogP contribution in [0.1, 0.15) is 41.7 Å². The molecule has 5 nitrogen and oxygen atoms in total. The van der Waals surface area contributed by atoms with Crippen LogP contribution in [0.4, 0.5) is 0 Å². The Labute approximate surface area is 161 Å². The van der Waals surface area contributed by atoms with Gasteiger partial charge in [-0.2, -0.15) is 0 Å². The number of carbonyl (C=O) groups excluding carboxylic acids is 2. The monoisotopic (exact) mass is 437 g/mol. The molecule has 2 rings (SSSR count). The van der Waals surface area contributed by atoms with Gasteiger partial charge in [-0.15, -0.1) is 0 Å². The van der Waals surface area contributed by atoms with Crippen molar-refractivity contribution in [2.24, 2.45) is 0 Å². The van der Waals surface area contributed by atoms with Gasteiger partial charge in [0.1, 0.15) is 0 Å². The topological polar surface area (TPSA) is 80.3 Å². The van der Waals surface area contributed by atoms with Crippen LogP contribution < -0.4 is 5.32 Å². The first kappa shape index (κ1) is 20.3. The number of ketones is 1. The van der Waals surface area contributed by atoms with Crippen molar-refractivity contribution in [3.63, 3.8) is 0 Å². The lowest BCUT2D eigenvalue weighted by molar-refractivity contribution is -0.121. The highest BCUT2D eigenvalue weighted by molar-refractivity contribution is 9.10. The minimum Gasteiger partial charge on any atom is -0.350 e. The molecule has 0 fully saturated rings. The van der Waals surface area contributed by atoms with Gasteiger partial charge < -0.3 is 5.32 Å². The molecule has 138 valence electrons. The fourth-order valence-electron chi connectivity index (χ4n) is 2.41. The molecule has 0 unspecified atom stereocenters. The van der Waals surface area contributed by atoms with E-state index in [-0.39, 0.29) is 35.5 Å². The second kappa shape index (κ2) is 8.60. The standard InChI is InChI=1S/C19H20BrNO4S/c1-13(14-5-9-17(10-6-14)26(2,24)25)21-19(23)12-11-18(22)15-3-7-16(20)8-4-15/h3-10,13H,11-12H2,1-2H3,(H,21,23)/t13-/m1/s1. The normalized spacial score (nSPS) is 12.4. The zero-order valence-corrected chi connectivity index (χ0v) is 16.9. The molecule has 0 aliphatic carbocycles. The van der Waals surface area contributed by atoms with Crippen LogP contribution in [0.25, 0.3) is 0 Å². The molecule has 1 amide bonds. The summed E-state index contributed by atoms with van der Waals surface area (Å²) in [6.07, 6.45) is 1.38. The van der Waals surface area contributed by atoms with Crippen LogP contribution in [-0.4, -0.2) is 26.4 Å². The quantitative estimate of drug-likeness (QED) is 0.669. The smallest absolute Gasteiger partial charge is 0.220 e. The summed E-state index contributed by atoms with van der Waals surface area (Å²) in [4.78, 5) is 24.4. The van der Waals surface area contributed by atoms with Gasteiger partial charge in [-0.05, 0) is 36.8 Å². The number of Topliss-reactive ketones (excluding diaryl/α,β-unsaturated/α-hetero) is 1. The first-order valence-corrected chi connectivity index (χ1v) is 10.7. The van der Waals surface area contributed by atoms with Crippen molar-refractivity contribution >= 4 is 37.5 Å². The molecule has 7 heteroatoms. The van der Waals surface area contributed by atoms with Crippen LogP contribution in [0.2, 0.25) is 0 Å². The van der Waals surface area contributed by atoms with Gasteiger partial charge in [0.25, 0.3) is 0 Å². The Morgan fingerprint density at radius 3 is 2.12 bits per heavy atom. The lowest BCUT2D eigenvalue weighted by atomic mass is 10.1. The molecule has 0 aromatic heterocycles. The minimum absolute atomic E-state index is 0.0854. The van der Waals surface area contributed by atoms with Crippen LogP contribution in [0.15, 0.2) is 57.9 Å². The number of carbonyl (C=O) groups is 2. The highest BCUT2D eigenvalue weighted by atomic mass is 79.9. The first-order chi connectivity index (χ1) is 12.2. The zero-order chi connectivity index (χ0) is 19.3. The van der Waals surface area contributed by atoms with Crippen molar-refractivity contribution in [1.82, 2.24) is 5.32 Å². The van der Waals surface area contributed by atoms with E-state index in [1.165, 1.54) is 12.1 Å². The molecule has 0 aliphatic heterocycles. The number of nitrogens with one attached hydrogen (secondary N) is 1. The first-order valence-electron chi connectivity index (χ1n) is 8.05. The van der Waals surface area contributed by atoms with E-state index in [4.69, 9.17) is 0 Å². The summed E-state index contributed by atoms with van der Waals surface area (Å²) in [5.74, 6) is -0.312. The summed E-state index contributed by atoms with van der Waals surface area (Å²) in [5.41, 5.74) is 1.37. The summed E-state index contributed by atoms with van der Waals surface area (Å²) in [5, 5.41) is 2.82. The Morgan fingerprint density at radius 1 is 1.00 bits per heavy atom. The van der Waals surface area contributed by atoms with Crippen LogP contribution >= 0.6 is 15.9 Å². The van der Waals surface area contributed by atoms with Gasteiger partial charge in [-0.3, -0.25) is 9.59 Å². The van der Waals surface area contributed by atoms with E-state index < -0.39 is 9.84 Å². The lowest BCUT2D eigenvalue weighted by Gasteiger charge is -2.14. The van der Waals surface area contributed by atoms with Crippen molar-refractivity contribution in [3.8, 4) is 0 Å². The number of rotatable bonds is 7.